The lowest BCUT2D eigenvalue weighted by Crippen LogP contribution is -2.52. The highest BCUT2D eigenvalue weighted by molar-refractivity contribution is 7.15. The summed E-state index contributed by atoms with van der Waals surface area (Å²) in [5.41, 5.74) is 1.08. The maximum absolute atomic E-state index is 12.5. The molecule has 0 aromatic carbocycles. The predicted molar refractivity (Wildman–Crippen MR) is 96.1 cm³/mol. The minimum absolute atomic E-state index is 0.0270. The molecule has 2 fully saturated rings. The topological polar surface area (TPSA) is 66.9 Å². The van der Waals surface area contributed by atoms with Gasteiger partial charge in [0.05, 0.1) is 36.5 Å². The van der Waals surface area contributed by atoms with Crippen LogP contribution in [0.5, 0.6) is 0 Å². The number of nitrogens with one attached hydrogen (secondary N) is 1. The fourth-order valence-corrected chi connectivity index (χ4v) is 4.80. The van der Waals surface area contributed by atoms with Crippen LogP contribution in [0, 0.1) is 0 Å². The number of piperidine rings is 1. The number of fused-ring (bicyclic) bond motifs is 1. The summed E-state index contributed by atoms with van der Waals surface area (Å²) in [5.74, 6) is 0. The van der Waals surface area contributed by atoms with Gasteiger partial charge < -0.3 is 14.4 Å². The fraction of sp³-hybridized carbons (Fsp3) is 0.765. The van der Waals surface area contributed by atoms with Gasteiger partial charge in [-0.05, 0) is 19.8 Å². The van der Waals surface area contributed by atoms with E-state index in [0.717, 1.165) is 69.2 Å². The number of carbonyl (C=O) groups is 1. The Labute approximate surface area is 152 Å². The van der Waals surface area contributed by atoms with E-state index >= 15 is 0 Å². The van der Waals surface area contributed by atoms with Gasteiger partial charge in [-0.1, -0.05) is 11.3 Å². The number of morpholine rings is 1. The molecule has 138 valence electrons. The van der Waals surface area contributed by atoms with E-state index < -0.39 is 0 Å². The van der Waals surface area contributed by atoms with Crippen molar-refractivity contribution in [2.45, 2.75) is 44.9 Å². The van der Waals surface area contributed by atoms with E-state index in [4.69, 9.17) is 9.47 Å². The van der Waals surface area contributed by atoms with Gasteiger partial charge in [-0.25, -0.2) is 9.78 Å². The number of anilines is 1. The fourth-order valence-electron chi connectivity index (χ4n) is 3.86. The number of ether oxygens (including phenoxy) is 2. The van der Waals surface area contributed by atoms with Crippen LogP contribution in [0.25, 0.3) is 0 Å². The second-order valence-corrected chi connectivity index (χ2v) is 8.10. The number of amides is 2. The van der Waals surface area contributed by atoms with Gasteiger partial charge in [-0.15, -0.1) is 0 Å². The molecule has 0 saturated carbocycles. The molecule has 8 heteroatoms. The van der Waals surface area contributed by atoms with Crippen LogP contribution in [-0.2, 0) is 22.5 Å². The Morgan fingerprint density at radius 3 is 2.88 bits per heavy atom. The number of carbonyl (C=O) groups excluding carboxylic acids is 1. The van der Waals surface area contributed by atoms with Gasteiger partial charge in [0.1, 0.15) is 0 Å². The van der Waals surface area contributed by atoms with E-state index in [-0.39, 0.29) is 6.03 Å². The first-order valence-corrected chi connectivity index (χ1v) is 9.98. The summed E-state index contributed by atoms with van der Waals surface area (Å²) < 4.78 is 11.1. The maximum atomic E-state index is 12.5. The van der Waals surface area contributed by atoms with Gasteiger partial charge in [-0.2, -0.15) is 0 Å². The summed E-state index contributed by atoms with van der Waals surface area (Å²) in [6, 6.07) is 0.542. The molecule has 2 amide bonds. The molecule has 7 nitrogen and oxygen atoms in total. The first-order chi connectivity index (χ1) is 12.2. The molecule has 25 heavy (non-hydrogen) atoms. The summed E-state index contributed by atoms with van der Waals surface area (Å²) in [4.78, 5) is 22.7. The third kappa shape index (κ3) is 3.97. The standard InChI is InChI=1S/C17H26N4O3S/c1-12-10-21(7-9-24-12)13-2-5-20(6-3-13)17(22)19-16-18-14-4-8-23-11-15(14)25-16/h12-13H,2-11H2,1H3,(H,18,19,22). The number of likely N-dealkylation sites (tertiary alicyclic amines) is 1. The van der Waals surface area contributed by atoms with Crippen molar-refractivity contribution in [2.75, 3.05) is 44.7 Å². The van der Waals surface area contributed by atoms with Gasteiger partial charge in [0.25, 0.3) is 0 Å². The molecular formula is C17H26N4O3S. The van der Waals surface area contributed by atoms with Crippen molar-refractivity contribution in [1.82, 2.24) is 14.8 Å². The minimum Gasteiger partial charge on any atom is -0.376 e. The van der Waals surface area contributed by atoms with Crippen LogP contribution >= 0.6 is 11.3 Å². The summed E-state index contributed by atoms with van der Waals surface area (Å²) in [6.07, 6.45) is 3.21. The molecule has 0 radical (unpaired) electrons. The number of nitrogens with zero attached hydrogens (tertiary/aromatic N) is 3. The highest BCUT2D eigenvalue weighted by atomic mass is 32.1. The number of thiazole rings is 1. The Hall–Kier alpha value is -1.22. The number of urea groups is 1. The highest BCUT2D eigenvalue weighted by Crippen LogP contribution is 2.27. The number of hydrogen-bond donors (Lipinski definition) is 1. The van der Waals surface area contributed by atoms with E-state index in [1.807, 2.05) is 4.90 Å². The first kappa shape index (κ1) is 17.2. The molecule has 0 spiro atoms. The predicted octanol–water partition coefficient (Wildman–Crippen LogP) is 1.93. The first-order valence-electron chi connectivity index (χ1n) is 9.17. The molecule has 4 rings (SSSR count). The Balaban J connectivity index is 1.28. The van der Waals surface area contributed by atoms with Crippen molar-refractivity contribution in [2.24, 2.45) is 0 Å². The monoisotopic (exact) mass is 366 g/mol. The van der Waals surface area contributed by atoms with E-state index in [2.05, 4.69) is 22.1 Å². The van der Waals surface area contributed by atoms with Crippen molar-refractivity contribution in [1.29, 1.82) is 0 Å². The zero-order chi connectivity index (χ0) is 17.2. The molecule has 0 aliphatic carbocycles. The normalized spacial score (nSPS) is 25.6. The molecule has 1 atom stereocenters. The minimum atomic E-state index is -0.0270. The van der Waals surface area contributed by atoms with Crippen LogP contribution < -0.4 is 5.32 Å². The van der Waals surface area contributed by atoms with Crippen molar-refractivity contribution < 1.29 is 14.3 Å². The quantitative estimate of drug-likeness (QED) is 0.866. The molecular weight excluding hydrogens is 340 g/mol. The molecule has 1 N–H and O–H groups in total. The lowest BCUT2D eigenvalue weighted by atomic mass is 10.0. The van der Waals surface area contributed by atoms with Crippen LogP contribution in [0.4, 0.5) is 9.93 Å². The maximum Gasteiger partial charge on any atom is 0.323 e. The average Bonchev–Trinajstić information content (AvgIpc) is 3.04. The van der Waals surface area contributed by atoms with Gasteiger partial charge in [-0.3, -0.25) is 10.2 Å². The van der Waals surface area contributed by atoms with Crippen LogP contribution in [-0.4, -0.2) is 72.4 Å². The van der Waals surface area contributed by atoms with Crippen LogP contribution in [0.2, 0.25) is 0 Å². The van der Waals surface area contributed by atoms with Gasteiger partial charge in [0.2, 0.25) is 0 Å². The highest BCUT2D eigenvalue weighted by Gasteiger charge is 2.29. The summed E-state index contributed by atoms with van der Waals surface area (Å²) in [7, 11) is 0. The average molecular weight is 366 g/mol. The zero-order valence-electron chi connectivity index (χ0n) is 14.7. The lowest BCUT2D eigenvalue weighted by Gasteiger charge is -2.41. The summed E-state index contributed by atoms with van der Waals surface area (Å²) >= 11 is 1.53. The van der Waals surface area contributed by atoms with Crippen molar-refractivity contribution in [3.8, 4) is 0 Å². The second kappa shape index (κ2) is 7.57. The van der Waals surface area contributed by atoms with Crippen LogP contribution in [0.3, 0.4) is 0 Å². The van der Waals surface area contributed by atoms with Crippen molar-refractivity contribution >= 4 is 22.5 Å². The molecule has 1 unspecified atom stereocenters. The number of hydrogen-bond acceptors (Lipinski definition) is 6. The molecule has 0 bridgehead atoms. The molecule has 1 aromatic heterocycles. The van der Waals surface area contributed by atoms with Crippen molar-refractivity contribution in [3.05, 3.63) is 10.6 Å². The Morgan fingerprint density at radius 1 is 1.28 bits per heavy atom. The summed E-state index contributed by atoms with van der Waals surface area (Å²) in [6.45, 7) is 7.90. The van der Waals surface area contributed by atoms with Gasteiger partial charge in [0.15, 0.2) is 5.13 Å². The Kier molecular flexibility index (Phi) is 5.21. The van der Waals surface area contributed by atoms with Gasteiger partial charge in [0, 0.05) is 38.6 Å². The van der Waals surface area contributed by atoms with E-state index in [1.54, 1.807) is 0 Å². The van der Waals surface area contributed by atoms with Crippen LogP contribution in [0.15, 0.2) is 0 Å². The third-order valence-electron chi connectivity index (χ3n) is 5.25. The third-order valence-corrected chi connectivity index (χ3v) is 6.24. The number of aromatic nitrogens is 1. The lowest BCUT2D eigenvalue weighted by molar-refractivity contribution is -0.0415. The van der Waals surface area contributed by atoms with E-state index in [1.165, 1.54) is 11.3 Å². The largest absolute Gasteiger partial charge is 0.376 e. The van der Waals surface area contributed by atoms with Gasteiger partial charge >= 0.3 is 6.03 Å². The Morgan fingerprint density at radius 2 is 2.12 bits per heavy atom. The molecule has 3 aliphatic rings. The Bertz CT molecular complexity index is 592. The molecule has 1 aromatic rings. The second-order valence-electron chi connectivity index (χ2n) is 7.02. The molecule has 4 heterocycles. The molecule has 2 saturated heterocycles. The van der Waals surface area contributed by atoms with Crippen LogP contribution in [0.1, 0.15) is 30.3 Å². The zero-order valence-corrected chi connectivity index (χ0v) is 15.5. The smallest absolute Gasteiger partial charge is 0.323 e. The molecule has 3 aliphatic heterocycles. The summed E-state index contributed by atoms with van der Waals surface area (Å²) in [5, 5.41) is 3.67. The van der Waals surface area contributed by atoms with E-state index in [0.29, 0.717) is 23.9 Å². The number of rotatable bonds is 2. The van der Waals surface area contributed by atoms with E-state index in [9.17, 15) is 4.79 Å². The SMILES string of the molecule is CC1CN(C2CCN(C(=O)Nc3nc4c(s3)COCC4)CC2)CCO1. The van der Waals surface area contributed by atoms with Crippen molar-refractivity contribution in [3.63, 3.8) is 0 Å².